The van der Waals surface area contributed by atoms with Gasteiger partial charge in [0.1, 0.15) is 11.6 Å². The Kier molecular flexibility index (Phi) is 5.17. The maximum absolute atomic E-state index is 14.0. The zero-order valence-electron chi connectivity index (χ0n) is 18.8. The number of benzene rings is 2. The minimum atomic E-state index is -0.633. The van der Waals surface area contributed by atoms with E-state index >= 15 is 0 Å². The van der Waals surface area contributed by atoms with Crippen LogP contribution in [0.4, 0.5) is 8.78 Å². The topological polar surface area (TPSA) is 79.7 Å². The van der Waals surface area contributed by atoms with Gasteiger partial charge in [0.15, 0.2) is 5.82 Å². The average molecular weight is 495 g/mol. The molecule has 4 heterocycles. The molecular weight excluding hydrogens is 474 g/mol. The number of nitrogens with one attached hydrogen (secondary N) is 1. The van der Waals surface area contributed by atoms with Crippen LogP contribution in [0.1, 0.15) is 46.9 Å². The lowest BCUT2D eigenvalue weighted by atomic mass is 9.81. The summed E-state index contributed by atoms with van der Waals surface area (Å²) in [4.78, 5) is 20.1. The van der Waals surface area contributed by atoms with Gasteiger partial charge in [-0.15, -0.1) is 0 Å². The number of halogens is 3. The van der Waals surface area contributed by atoms with E-state index in [1.165, 1.54) is 12.1 Å². The molecule has 2 aromatic heterocycles. The van der Waals surface area contributed by atoms with Gasteiger partial charge in [-0.2, -0.15) is 15.2 Å². The molecule has 2 aliphatic heterocycles. The van der Waals surface area contributed by atoms with Gasteiger partial charge in [-0.3, -0.25) is 9.48 Å². The predicted molar refractivity (Wildman–Crippen MR) is 126 cm³/mol. The zero-order chi connectivity index (χ0) is 24.3. The number of hydrogen-bond donors (Lipinski definition) is 1. The largest absolute Gasteiger partial charge is 0.327 e. The highest BCUT2D eigenvalue weighted by Crippen LogP contribution is 2.45. The summed E-state index contributed by atoms with van der Waals surface area (Å²) in [7, 11) is 1.77. The second-order valence-corrected chi connectivity index (χ2v) is 9.36. The van der Waals surface area contributed by atoms with Crippen LogP contribution in [0.5, 0.6) is 0 Å². The number of amides is 1. The van der Waals surface area contributed by atoms with Crippen LogP contribution in [-0.4, -0.2) is 41.8 Å². The third kappa shape index (κ3) is 3.61. The third-order valence-electron chi connectivity index (χ3n) is 6.90. The number of aromatic amines is 1. The second-order valence-electron chi connectivity index (χ2n) is 9.01. The number of fused-ring (bicyclic) bond motifs is 4. The monoisotopic (exact) mass is 494 g/mol. The Bertz CT molecular complexity index is 1440. The Morgan fingerprint density at radius 1 is 1.14 bits per heavy atom. The van der Waals surface area contributed by atoms with E-state index in [-0.39, 0.29) is 23.3 Å². The molecule has 1 amide bonds. The first kappa shape index (κ1) is 21.9. The van der Waals surface area contributed by atoms with Crippen molar-refractivity contribution in [1.29, 1.82) is 0 Å². The summed E-state index contributed by atoms with van der Waals surface area (Å²) in [5, 5.41) is 11.6. The predicted octanol–water partition coefficient (Wildman–Crippen LogP) is 5.10. The molecule has 0 spiro atoms. The van der Waals surface area contributed by atoms with Crippen LogP contribution >= 0.6 is 11.6 Å². The van der Waals surface area contributed by atoms with E-state index in [1.807, 2.05) is 17.0 Å². The lowest BCUT2D eigenvalue weighted by Crippen LogP contribution is -2.50. The highest BCUT2D eigenvalue weighted by atomic mass is 35.5. The van der Waals surface area contributed by atoms with Gasteiger partial charge in [0, 0.05) is 35.8 Å². The molecule has 4 aromatic rings. The smallest absolute Gasteiger partial charge is 0.255 e. The Balaban J connectivity index is 1.43. The SMILES string of the molecule is Cn1nc2c(c1-c1cc(F)cc(F)c1)C[C@H]1CCC[C@@H]2N1C(=O)c1ccccc1-c1n[nH]c(Cl)n1. The number of hydrogen-bond acceptors (Lipinski definition) is 4. The summed E-state index contributed by atoms with van der Waals surface area (Å²) in [5.41, 5.74) is 3.97. The van der Waals surface area contributed by atoms with Gasteiger partial charge < -0.3 is 4.90 Å². The van der Waals surface area contributed by atoms with Crippen molar-refractivity contribution in [2.45, 2.75) is 37.8 Å². The Morgan fingerprint density at radius 2 is 1.91 bits per heavy atom. The van der Waals surface area contributed by atoms with Crippen molar-refractivity contribution in [2.75, 3.05) is 0 Å². The number of carbonyl (C=O) groups excluding carboxylic acids is 1. The fourth-order valence-electron chi connectivity index (χ4n) is 5.57. The summed E-state index contributed by atoms with van der Waals surface area (Å²) >= 11 is 5.93. The molecule has 178 valence electrons. The number of aromatic nitrogens is 5. The first-order valence-electron chi connectivity index (χ1n) is 11.4. The molecule has 0 unspecified atom stereocenters. The lowest BCUT2D eigenvalue weighted by Gasteiger charge is -2.45. The molecule has 2 atom stereocenters. The van der Waals surface area contributed by atoms with Crippen LogP contribution in [0.3, 0.4) is 0 Å². The van der Waals surface area contributed by atoms with Crippen molar-refractivity contribution in [3.63, 3.8) is 0 Å². The summed E-state index contributed by atoms with van der Waals surface area (Å²) < 4.78 is 29.7. The number of rotatable bonds is 3. The van der Waals surface area contributed by atoms with E-state index in [1.54, 1.807) is 23.9 Å². The molecular formula is C25H21ClF2N6O. The van der Waals surface area contributed by atoms with E-state index in [4.69, 9.17) is 16.7 Å². The van der Waals surface area contributed by atoms with Crippen molar-refractivity contribution >= 4 is 17.5 Å². The van der Waals surface area contributed by atoms with Crippen molar-refractivity contribution in [3.05, 3.63) is 76.2 Å². The normalized spacial score (nSPS) is 19.0. The fraction of sp³-hybridized carbons (Fsp3) is 0.280. The van der Waals surface area contributed by atoms with Crippen LogP contribution in [-0.2, 0) is 13.5 Å². The van der Waals surface area contributed by atoms with Crippen LogP contribution in [0.2, 0.25) is 5.28 Å². The molecule has 6 rings (SSSR count). The molecule has 2 aliphatic rings. The third-order valence-corrected chi connectivity index (χ3v) is 7.07. The van der Waals surface area contributed by atoms with Gasteiger partial charge in [-0.1, -0.05) is 18.2 Å². The van der Waals surface area contributed by atoms with E-state index in [2.05, 4.69) is 15.2 Å². The van der Waals surface area contributed by atoms with E-state index in [0.29, 0.717) is 34.6 Å². The number of piperidine rings is 1. The summed E-state index contributed by atoms with van der Waals surface area (Å²) in [6.07, 6.45) is 3.13. The Labute approximate surface area is 204 Å². The number of nitrogens with zero attached hydrogens (tertiary/aromatic N) is 5. The Morgan fingerprint density at radius 3 is 2.66 bits per heavy atom. The molecule has 0 aliphatic carbocycles. The molecule has 2 bridgehead atoms. The van der Waals surface area contributed by atoms with Gasteiger partial charge in [-0.05, 0) is 55.5 Å². The molecule has 10 heteroatoms. The highest BCUT2D eigenvalue weighted by molar-refractivity contribution is 6.28. The second kappa shape index (κ2) is 8.27. The van der Waals surface area contributed by atoms with Crippen molar-refractivity contribution < 1.29 is 13.6 Å². The molecule has 0 saturated carbocycles. The minimum Gasteiger partial charge on any atom is -0.327 e. The van der Waals surface area contributed by atoms with Gasteiger partial charge >= 0.3 is 0 Å². The average Bonchev–Trinajstić information content (AvgIpc) is 3.40. The first-order valence-corrected chi connectivity index (χ1v) is 11.8. The summed E-state index contributed by atoms with van der Waals surface area (Å²) in [6, 6.07) is 10.4. The number of carbonyl (C=O) groups is 1. The molecule has 1 fully saturated rings. The number of aryl methyl sites for hydroxylation is 1. The van der Waals surface area contributed by atoms with Crippen molar-refractivity contribution in [3.8, 4) is 22.6 Å². The molecule has 1 N–H and O–H groups in total. The standard InChI is InChI=1S/C25H21ClF2N6O/c1-33-22(13-9-14(27)11-15(28)10-13)19-12-16-5-4-8-20(21(19)32-33)34(16)24(35)18-7-3-2-6-17(18)23-29-25(26)31-30-23/h2-3,6-7,9-11,16,20H,4-5,8,12H2,1H3,(H,29,30,31)/t16-,20+/m1/s1. The van der Waals surface area contributed by atoms with Gasteiger partial charge in [-0.25, -0.2) is 13.9 Å². The summed E-state index contributed by atoms with van der Waals surface area (Å²) in [5.74, 6) is -1.03. The van der Waals surface area contributed by atoms with E-state index < -0.39 is 11.6 Å². The zero-order valence-corrected chi connectivity index (χ0v) is 19.6. The maximum Gasteiger partial charge on any atom is 0.255 e. The lowest BCUT2D eigenvalue weighted by molar-refractivity contribution is 0.0392. The fourth-order valence-corrected chi connectivity index (χ4v) is 5.69. The van der Waals surface area contributed by atoms with Crippen LogP contribution in [0.25, 0.3) is 22.6 Å². The van der Waals surface area contributed by atoms with Crippen LogP contribution in [0, 0.1) is 11.6 Å². The molecule has 1 saturated heterocycles. The van der Waals surface area contributed by atoms with Crippen molar-refractivity contribution in [1.82, 2.24) is 29.9 Å². The molecule has 7 nitrogen and oxygen atoms in total. The van der Waals surface area contributed by atoms with Gasteiger partial charge in [0.2, 0.25) is 5.28 Å². The quantitative estimate of drug-likeness (QED) is 0.430. The molecule has 0 radical (unpaired) electrons. The maximum atomic E-state index is 14.0. The minimum absolute atomic E-state index is 0.0566. The molecule has 35 heavy (non-hydrogen) atoms. The van der Waals surface area contributed by atoms with Gasteiger partial charge in [0.25, 0.3) is 5.91 Å². The number of H-pyrrole nitrogens is 1. The van der Waals surface area contributed by atoms with E-state index in [9.17, 15) is 13.6 Å². The Hall–Kier alpha value is -3.59. The van der Waals surface area contributed by atoms with Gasteiger partial charge in [0.05, 0.1) is 23.0 Å². The first-order chi connectivity index (χ1) is 16.9. The van der Waals surface area contributed by atoms with Crippen LogP contribution < -0.4 is 0 Å². The highest BCUT2D eigenvalue weighted by Gasteiger charge is 2.44. The van der Waals surface area contributed by atoms with E-state index in [0.717, 1.165) is 36.6 Å². The van der Waals surface area contributed by atoms with Crippen LogP contribution in [0.15, 0.2) is 42.5 Å². The summed E-state index contributed by atoms with van der Waals surface area (Å²) in [6.45, 7) is 0. The van der Waals surface area contributed by atoms with Crippen molar-refractivity contribution in [2.24, 2.45) is 7.05 Å². The molecule has 2 aromatic carbocycles.